The lowest BCUT2D eigenvalue weighted by Gasteiger charge is -2.21. The molecular weight excluding hydrogens is 446 g/mol. The molecule has 0 aliphatic rings. The smallest absolute Gasteiger partial charge is 0.340 e. The molecule has 0 unspecified atom stereocenters. The number of esters is 2. The lowest BCUT2D eigenvalue weighted by Crippen LogP contribution is -2.25. The molecule has 0 spiro atoms. The van der Waals surface area contributed by atoms with Crippen molar-refractivity contribution < 1.29 is 28.6 Å². The molecular formula is C28H27NO6. The zero-order valence-electron chi connectivity index (χ0n) is 20.0. The highest BCUT2D eigenvalue weighted by molar-refractivity contribution is 6.06. The standard InChI is InChI=1S/C28H27NO6/c1-19(30)33-22-13-10-20(11-14-22)12-17-26(31)29-25-18-23(34-21-8-6-5-7-9-21)15-16-24(25)27(32)35-28(2,3)4/h5-18H,1-4H3,(H,29,31). The highest BCUT2D eigenvalue weighted by Gasteiger charge is 2.21. The first-order valence-corrected chi connectivity index (χ1v) is 11.0. The van der Waals surface area contributed by atoms with Gasteiger partial charge in [0.1, 0.15) is 22.8 Å². The van der Waals surface area contributed by atoms with Crippen LogP contribution in [-0.2, 0) is 14.3 Å². The maximum Gasteiger partial charge on any atom is 0.340 e. The van der Waals surface area contributed by atoms with E-state index in [2.05, 4.69) is 5.32 Å². The van der Waals surface area contributed by atoms with E-state index in [9.17, 15) is 14.4 Å². The van der Waals surface area contributed by atoms with Crippen molar-refractivity contribution in [1.82, 2.24) is 0 Å². The maximum absolute atomic E-state index is 12.8. The van der Waals surface area contributed by atoms with Crippen LogP contribution in [0.25, 0.3) is 6.08 Å². The van der Waals surface area contributed by atoms with Crippen molar-refractivity contribution in [3.05, 3.63) is 90.0 Å². The van der Waals surface area contributed by atoms with Crippen molar-refractivity contribution in [2.45, 2.75) is 33.3 Å². The molecule has 180 valence electrons. The predicted octanol–water partition coefficient (Wildman–Crippen LogP) is 6.01. The SMILES string of the molecule is CC(=O)Oc1ccc(C=CC(=O)Nc2cc(Oc3ccccc3)ccc2C(=O)OC(C)(C)C)cc1. The average Bonchev–Trinajstić information content (AvgIpc) is 2.78. The van der Waals surface area contributed by atoms with Gasteiger partial charge in [-0.15, -0.1) is 0 Å². The zero-order chi connectivity index (χ0) is 25.4. The molecule has 0 heterocycles. The molecule has 3 rings (SSSR count). The van der Waals surface area contributed by atoms with Gasteiger partial charge in [-0.3, -0.25) is 9.59 Å². The molecule has 0 atom stereocenters. The van der Waals surface area contributed by atoms with Crippen molar-refractivity contribution in [1.29, 1.82) is 0 Å². The molecule has 0 saturated heterocycles. The summed E-state index contributed by atoms with van der Waals surface area (Å²) >= 11 is 0. The Morgan fingerprint density at radius 3 is 2.11 bits per heavy atom. The van der Waals surface area contributed by atoms with Crippen molar-refractivity contribution in [3.8, 4) is 17.2 Å². The van der Waals surface area contributed by atoms with Crippen molar-refractivity contribution >= 4 is 29.6 Å². The molecule has 7 heteroatoms. The Labute approximate surface area is 204 Å². The lowest BCUT2D eigenvalue weighted by atomic mass is 10.1. The van der Waals surface area contributed by atoms with Crippen molar-refractivity contribution in [2.75, 3.05) is 5.32 Å². The van der Waals surface area contributed by atoms with Crippen molar-refractivity contribution in [3.63, 3.8) is 0 Å². The zero-order valence-corrected chi connectivity index (χ0v) is 20.0. The Hall–Kier alpha value is -4.39. The molecule has 7 nitrogen and oxygen atoms in total. The minimum Gasteiger partial charge on any atom is -0.457 e. The summed E-state index contributed by atoms with van der Waals surface area (Å²) in [6, 6.07) is 20.6. The molecule has 1 N–H and O–H groups in total. The fourth-order valence-electron chi connectivity index (χ4n) is 2.99. The number of benzene rings is 3. The Morgan fingerprint density at radius 2 is 1.49 bits per heavy atom. The normalized spacial score (nSPS) is 11.1. The van der Waals surface area contributed by atoms with Gasteiger partial charge in [0.05, 0.1) is 11.3 Å². The summed E-state index contributed by atoms with van der Waals surface area (Å²) in [5.74, 6) is 0.0545. The quantitative estimate of drug-likeness (QED) is 0.257. The highest BCUT2D eigenvalue weighted by Crippen LogP contribution is 2.28. The first-order valence-electron chi connectivity index (χ1n) is 11.0. The number of hydrogen-bond donors (Lipinski definition) is 1. The summed E-state index contributed by atoms with van der Waals surface area (Å²) in [5.41, 5.74) is 0.486. The highest BCUT2D eigenvalue weighted by atomic mass is 16.6. The van der Waals surface area contributed by atoms with Crippen LogP contribution in [0.3, 0.4) is 0 Å². The Morgan fingerprint density at radius 1 is 0.829 bits per heavy atom. The van der Waals surface area contributed by atoms with E-state index in [-0.39, 0.29) is 11.3 Å². The van der Waals surface area contributed by atoms with E-state index in [0.717, 1.165) is 5.56 Å². The third kappa shape index (κ3) is 8.16. The van der Waals surface area contributed by atoms with Gasteiger partial charge in [-0.2, -0.15) is 0 Å². The first kappa shape index (κ1) is 25.2. The van der Waals surface area contributed by atoms with E-state index in [0.29, 0.717) is 17.2 Å². The molecule has 35 heavy (non-hydrogen) atoms. The van der Waals surface area contributed by atoms with Crippen LogP contribution in [0.15, 0.2) is 78.9 Å². The number of para-hydroxylation sites is 1. The van der Waals surface area contributed by atoms with E-state index >= 15 is 0 Å². The molecule has 0 saturated carbocycles. The van der Waals surface area contributed by atoms with E-state index in [1.54, 1.807) is 81.4 Å². The second-order valence-electron chi connectivity index (χ2n) is 8.61. The van der Waals surface area contributed by atoms with Crippen molar-refractivity contribution in [2.24, 2.45) is 0 Å². The fourth-order valence-corrected chi connectivity index (χ4v) is 2.99. The Balaban J connectivity index is 1.80. The lowest BCUT2D eigenvalue weighted by molar-refractivity contribution is -0.131. The van der Waals surface area contributed by atoms with Gasteiger partial charge in [-0.05, 0) is 68.8 Å². The van der Waals surface area contributed by atoms with Crippen LogP contribution in [0.1, 0.15) is 43.6 Å². The second kappa shape index (κ2) is 11.2. The monoisotopic (exact) mass is 473 g/mol. The van der Waals surface area contributed by atoms with Crippen LogP contribution in [0.5, 0.6) is 17.2 Å². The summed E-state index contributed by atoms with van der Waals surface area (Å²) in [4.78, 5) is 36.5. The molecule has 0 fully saturated rings. The Bertz CT molecular complexity index is 1220. The van der Waals surface area contributed by atoms with Gasteiger partial charge in [0.2, 0.25) is 5.91 Å². The third-order valence-corrected chi connectivity index (χ3v) is 4.42. The molecule has 0 aromatic heterocycles. The van der Waals surface area contributed by atoms with Crippen LogP contribution >= 0.6 is 0 Å². The summed E-state index contributed by atoms with van der Waals surface area (Å²) in [7, 11) is 0. The molecule has 0 aliphatic carbocycles. The first-order chi connectivity index (χ1) is 16.6. The number of rotatable bonds is 7. The van der Waals surface area contributed by atoms with Gasteiger partial charge in [0, 0.05) is 19.1 Å². The van der Waals surface area contributed by atoms with Crippen LogP contribution < -0.4 is 14.8 Å². The molecule has 1 amide bonds. The van der Waals surface area contributed by atoms with Gasteiger partial charge in [0.25, 0.3) is 0 Å². The number of ether oxygens (including phenoxy) is 3. The van der Waals surface area contributed by atoms with Gasteiger partial charge in [-0.25, -0.2) is 4.79 Å². The summed E-state index contributed by atoms with van der Waals surface area (Å²) in [6.45, 7) is 6.63. The maximum atomic E-state index is 12.8. The van der Waals surface area contributed by atoms with Crippen LogP contribution in [-0.4, -0.2) is 23.4 Å². The second-order valence-corrected chi connectivity index (χ2v) is 8.61. The van der Waals surface area contributed by atoms with E-state index in [4.69, 9.17) is 14.2 Å². The summed E-state index contributed by atoms with van der Waals surface area (Å²) < 4.78 is 16.3. The molecule has 3 aromatic carbocycles. The molecule has 0 radical (unpaired) electrons. The average molecular weight is 474 g/mol. The van der Waals surface area contributed by atoms with Crippen LogP contribution in [0.4, 0.5) is 5.69 Å². The largest absolute Gasteiger partial charge is 0.457 e. The van der Waals surface area contributed by atoms with E-state index in [1.807, 2.05) is 18.2 Å². The number of carbonyl (C=O) groups is 3. The van der Waals surface area contributed by atoms with Crippen LogP contribution in [0, 0.1) is 0 Å². The minimum atomic E-state index is -0.699. The van der Waals surface area contributed by atoms with Gasteiger partial charge in [0.15, 0.2) is 0 Å². The number of hydrogen-bond acceptors (Lipinski definition) is 6. The summed E-state index contributed by atoms with van der Waals surface area (Å²) in [6.07, 6.45) is 2.94. The fraction of sp³-hybridized carbons (Fsp3) is 0.179. The number of anilines is 1. The summed E-state index contributed by atoms with van der Waals surface area (Å²) in [5, 5.41) is 2.74. The molecule has 0 bridgehead atoms. The third-order valence-electron chi connectivity index (χ3n) is 4.42. The molecule has 0 aliphatic heterocycles. The van der Waals surface area contributed by atoms with Gasteiger partial charge < -0.3 is 19.5 Å². The van der Waals surface area contributed by atoms with Gasteiger partial charge >= 0.3 is 11.9 Å². The van der Waals surface area contributed by atoms with E-state index < -0.39 is 23.4 Å². The number of amides is 1. The molecule has 3 aromatic rings. The van der Waals surface area contributed by atoms with Gasteiger partial charge in [-0.1, -0.05) is 30.3 Å². The topological polar surface area (TPSA) is 90.9 Å². The number of nitrogens with one attached hydrogen (secondary N) is 1. The van der Waals surface area contributed by atoms with E-state index in [1.165, 1.54) is 13.0 Å². The van der Waals surface area contributed by atoms with Crippen LogP contribution in [0.2, 0.25) is 0 Å². The number of carbonyl (C=O) groups excluding carboxylic acids is 3. The Kier molecular flexibility index (Phi) is 8.04. The predicted molar refractivity (Wildman–Crippen MR) is 134 cm³/mol. The minimum absolute atomic E-state index is 0.202.